The van der Waals surface area contributed by atoms with Crippen molar-refractivity contribution < 1.29 is 23.9 Å². The van der Waals surface area contributed by atoms with Crippen LogP contribution in [0.15, 0.2) is 18.2 Å². The second-order valence-corrected chi connectivity index (χ2v) is 7.00. The number of quaternary nitrogens is 1. The van der Waals surface area contributed by atoms with Crippen molar-refractivity contribution in [3.05, 3.63) is 28.8 Å². The van der Waals surface area contributed by atoms with Gasteiger partial charge in [0.15, 0.2) is 0 Å². The Balaban J connectivity index is 2.14. The predicted molar refractivity (Wildman–Crippen MR) is 93.3 cm³/mol. The molecule has 24 heavy (non-hydrogen) atoms. The van der Waals surface area contributed by atoms with E-state index in [1.807, 2.05) is 19.2 Å². The normalized spacial score (nSPS) is 28.2. The highest BCUT2D eigenvalue weighted by molar-refractivity contribution is 6.32. The van der Waals surface area contributed by atoms with Crippen molar-refractivity contribution in [2.24, 2.45) is 0 Å². The third kappa shape index (κ3) is 3.68. The summed E-state index contributed by atoms with van der Waals surface area (Å²) in [4.78, 5) is 12.2. The highest BCUT2D eigenvalue weighted by Gasteiger charge is 2.46. The molecule has 2 rings (SSSR count). The van der Waals surface area contributed by atoms with Gasteiger partial charge in [0.2, 0.25) is 0 Å². The SMILES string of the molecule is CCC1CC(Oc2cccc([C@H](C)O)c2Cl)CC[N+]1(C)C(=O)OC. The van der Waals surface area contributed by atoms with E-state index in [2.05, 4.69) is 6.92 Å². The van der Waals surface area contributed by atoms with Crippen molar-refractivity contribution in [3.63, 3.8) is 0 Å². The first-order valence-electron chi connectivity index (χ1n) is 8.40. The average molecular weight is 357 g/mol. The summed E-state index contributed by atoms with van der Waals surface area (Å²) in [5.41, 5.74) is 0.659. The maximum atomic E-state index is 12.2. The number of aliphatic hydroxyl groups is 1. The summed E-state index contributed by atoms with van der Waals surface area (Å²) in [6.45, 7) is 4.43. The number of methoxy groups -OCH3 is 1. The first-order valence-corrected chi connectivity index (χ1v) is 8.78. The van der Waals surface area contributed by atoms with E-state index in [0.29, 0.717) is 22.9 Å². The van der Waals surface area contributed by atoms with Crippen LogP contribution in [-0.4, -0.2) is 48.5 Å². The molecule has 1 fully saturated rings. The number of hydrogen-bond acceptors (Lipinski definition) is 4. The number of ether oxygens (including phenoxy) is 2. The van der Waals surface area contributed by atoms with Gasteiger partial charge in [-0.05, 0) is 19.4 Å². The van der Waals surface area contributed by atoms with Gasteiger partial charge in [-0.15, -0.1) is 0 Å². The molecular formula is C18H27ClNO4+. The van der Waals surface area contributed by atoms with Gasteiger partial charge in [-0.3, -0.25) is 0 Å². The zero-order chi connectivity index (χ0) is 17.9. The van der Waals surface area contributed by atoms with Crippen molar-refractivity contribution in [2.45, 2.75) is 51.4 Å². The van der Waals surface area contributed by atoms with Gasteiger partial charge >= 0.3 is 6.09 Å². The number of likely N-dealkylation sites (tertiary alicyclic amines) is 1. The number of amides is 1. The first-order chi connectivity index (χ1) is 11.3. The minimum Gasteiger partial charge on any atom is -0.488 e. The van der Waals surface area contributed by atoms with E-state index in [0.717, 1.165) is 19.3 Å². The van der Waals surface area contributed by atoms with Crippen LogP contribution in [0.3, 0.4) is 0 Å². The van der Waals surface area contributed by atoms with Crippen LogP contribution in [0, 0.1) is 0 Å². The molecule has 3 unspecified atom stereocenters. The van der Waals surface area contributed by atoms with Gasteiger partial charge in [-0.2, -0.15) is 4.79 Å². The van der Waals surface area contributed by atoms with Crippen LogP contribution in [0.5, 0.6) is 5.75 Å². The van der Waals surface area contributed by atoms with Crippen LogP contribution in [0.25, 0.3) is 0 Å². The van der Waals surface area contributed by atoms with Gasteiger partial charge in [0.05, 0.1) is 31.8 Å². The molecule has 1 heterocycles. The van der Waals surface area contributed by atoms with Gasteiger partial charge in [0.25, 0.3) is 0 Å². The van der Waals surface area contributed by atoms with E-state index in [1.54, 1.807) is 13.0 Å². The monoisotopic (exact) mass is 356 g/mol. The summed E-state index contributed by atoms with van der Waals surface area (Å²) in [5, 5.41) is 10.2. The smallest absolute Gasteiger partial charge is 0.488 e. The quantitative estimate of drug-likeness (QED) is 0.830. The zero-order valence-corrected chi connectivity index (χ0v) is 15.5. The van der Waals surface area contributed by atoms with Gasteiger partial charge in [0, 0.05) is 18.4 Å². The number of nitrogens with zero attached hydrogens (tertiary/aromatic N) is 1. The van der Waals surface area contributed by atoms with Crippen LogP contribution >= 0.6 is 11.6 Å². The number of hydrogen-bond donors (Lipinski definition) is 1. The Kier molecular flexibility index (Phi) is 6.12. The molecule has 1 amide bonds. The molecule has 134 valence electrons. The number of halogens is 1. The van der Waals surface area contributed by atoms with Crippen LogP contribution in [0.2, 0.25) is 5.02 Å². The molecule has 0 saturated carbocycles. The van der Waals surface area contributed by atoms with Crippen molar-refractivity contribution in [2.75, 3.05) is 20.7 Å². The van der Waals surface area contributed by atoms with Crippen molar-refractivity contribution in [1.82, 2.24) is 0 Å². The number of aliphatic hydroxyl groups excluding tert-OH is 1. The summed E-state index contributed by atoms with van der Waals surface area (Å²) in [5.74, 6) is 0.587. The molecule has 1 aliphatic heterocycles. The summed E-state index contributed by atoms with van der Waals surface area (Å²) in [6.07, 6.45) is 1.53. The molecule has 1 saturated heterocycles. The number of piperidine rings is 1. The molecule has 0 bridgehead atoms. The number of benzene rings is 1. The Morgan fingerprint density at radius 1 is 1.50 bits per heavy atom. The number of carbonyl (C=O) groups excluding carboxylic acids is 1. The van der Waals surface area contributed by atoms with Crippen LogP contribution in [-0.2, 0) is 4.74 Å². The van der Waals surface area contributed by atoms with E-state index < -0.39 is 6.10 Å². The van der Waals surface area contributed by atoms with Crippen LogP contribution in [0.4, 0.5) is 4.79 Å². The fourth-order valence-electron chi connectivity index (χ4n) is 3.50. The van der Waals surface area contributed by atoms with E-state index in [1.165, 1.54) is 7.11 Å². The Hall–Kier alpha value is -1.30. The maximum Gasteiger partial charge on any atom is 0.515 e. The molecule has 0 aromatic heterocycles. The van der Waals surface area contributed by atoms with Crippen molar-refractivity contribution in [1.29, 1.82) is 0 Å². The van der Waals surface area contributed by atoms with Gasteiger partial charge in [-0.25, -0.2) is 4.48 Å². The lowest BCUT2D eigenvalue weighted by Gasteiger charge is -2.42. The molecule has 0 radical (unpaired) electrons. The fourth-order valence-corrected chi connectivity index (χ4v) is 3.82. The second-order valence-electron chi connectivity index (χ2n) is 6.62. The van der Waals surface area contributed by atoms with Gasteiger partial charge < -0.3 is 14.6 Å². The topological polar surface area (TPSA) is 55.8 Å². The minimum atomic E-state index is -0.643. The Morgan fingerprint density at radius 3 is 2.79 bits per heavy atom. The van der Waals surface area contributed by atoms with Gasteiger partial charge in [0.1, 0.15) is 17.9 Å². The molecule has 1 aliphatic rings. The Bertz CT molecular complexity index is 592. The van der Waals surface area contributed by atoms with Crippen molar-refractivity contribution in [3.8, 4) is 5.75 Å². The van der Waals surface area contributed by atoms with E-state index in [9.17, 15) is 9.90 Å². The molecule has 6 heteroatoms. The lowest BCUT2D eigenvalue weighted by molar-refractivity contribution is -0.870. The summed E-state index contributed by atoms with van der Waals surface area (Å²) in [7, 11) is 3.36. The molecule has 1 aromatic carbocycles. The molecule has 1 aromatic rings. The lowest BCUT2D eigenvalue weighted by Crippen LogP contribution is -2.61. The molecule has 4 atom stereocenters. The largest absolute Gasteiger partial charge is 0.515 e. The van der Waals surface area contributed by atoms with Crippen LogP contribution < -0.4 is 4.74 Å². The Morgan fingerprint density at radius 2 is 2.21 bits per heavy atom. The molecule has 1 N–H and O–H groups in total. The van der Waals surface area contributed by atoms with E-state index in [4.69, 9.17) is 21.1 Å². The Labute approximate surface area is 148 Å². The molecule has 0 aliphatic carbocycles. The molecule has 0 spiro atoms. The minimum absolute atomic E-state index is 0.00689. The molecular weight excluding hydrogens is 330 g/mol. The summed E-state index contributed by atoms with van der Waals surface area (Å²) >= 11 is 6.36. The summed E-state index contributed by atoms with van der Waals surface area (Å²) < 4.78 is 11.4. The van der Waals surface area contributed by atoms with Crippen LogP contribution in [0.1, 0.15) is 44.8 Å². The maximum absolute atomic E-state index is 12.2. The lowest BCUT2D eigenvalue weighted by atomic mass is 9.95. The van der Waals surface area contributed by atoms with Crippen molar-refractivity contribution >= 4 is 17.7 Å². The third-order valence-corrected chi connectivity index (χ3v) is 5.46. The third-order valence-electron chi connectivity index (χ3n) is 5.06. The zero-order valence-electron chi connectivity index (χ0n) is 14.8. The predicted octanol–water partition coefficient (Wildman–Crippen LogP) is 3.93. The summed E-state index contributed by atoms with van der Waals surface area (Å²) in [6, 6.07) is 5.59. The highest BCUT2D eigenvalue weighted by atomic mass is 35.5. The fraction of sp³-hybridized carbons (Fsp3) is 0.611. The first kappa shape index (κ1) is 19.0. The van der Waals surface area contributed by atoms with Gasteiger partial charge in [-0.1, -0.05) is 30.7 Å². The van der Waals surface area contributed by atoms with E-state index >= 15 is 0 Å². The standard InChI is InChI=1S/C18H27ClNO4/c1-5-13-11-14(9-10-20(13,3)18(22)23-4)24-16-8-6-7-15(12(2)21)17(16)19/h6-8,12-14,21H,5,9-11H2,1-4H3/q+1/t12-,13?,14?,20?/m0/s1. The second kappa shape index (κ2) is 7.72. The number of rotatable bonds is 4. The van der Waals surface area contributed by atoms with E-state index in [-0.39, 0.29) is 22.7 Å². The number of carbonyl (C=O) groups is 1. The molecule has 5 nitrogen and oxygen atoms in total. The highest BCUT2D eigenvalue weighted by Crippen LogP contribution is 2.35. The average Bonchev–Trinajstić information content (AvgIpc) is 2.57.